The van der Waals surface area contributed by atoms with Crippen molar-refractivity contribution in [3.8, 4) is 11.5 Å². The van der Waals surface area contributed by atoms with Crippen molar-refractivity contribution >= 4 is 17.3 Å². The summed E-state index contributed by atoms with van der Waals surface area (Å²) in [7, 11) is 4.10. The van der Waals surface area contributed by atoms with Gasteiger partial charge >= 0.3 is 0 Å². The molecule has 4 rings (SSSR count). The van der Waals surface area contributed by atoms with E-state index >= 15 is 0 Å². The van der Waals surface area contributed by atoms with E-state index in [0.29, 0.717) is 19.6 Å². The molecule has 6 nitrogen and oxygen atoms in total. The van der Waals surface area contributed by atoms with Gasteiger partial charge in [0.2, 0.25) is 5.91 Å². The van der Waals surface area contributed by atoms with Gasteiger partial charge in [-0.1, -0.05) is 12.1 Å². The molecule has 28 heavy (non-hydrogen) atoms. The molecule has 2 aromatic carbocycles. The molecule has 2 aliphatic rings. The summed E-state index contributed by atoms with van der Waals surface area (Å²) < 4.78 is 11.6. The lowest BCUT2D eigenvalue weighted by Gasteiger charge is -2.33. The average Bonchev–Trinajstić information content (AvgIpc) is 2.71. The maximum Gasteiger partial charge on any atom is 0.248 e. The lowest BCUT2D eigenvalue weighted by molar-refractivity contribution is -0.119. The molecule has 0 aromatic heterocycles. The molecule has 0 bridgehead atoms. The number of hydrogen-bond acceptors (Lipinski definition) is 5. The standard InChI is InChI=1S/C22H25N3O3/c1-24(2)12-5-13-27-18-10-8-17(9-11-18)25-21(26)14-16-15-28-20-7-4-3-6-19(20)22(16)23-25/h3-4,6-11,16H,5,12-15H2,1-2H3. The molecule has 0 saturated heterocycles. The quantitative estimate of drug-likeness (QED) is 0.724. The van der Waals surface area contributed by atoms with E-state index in [2.05, 4.69) is 4.90 Å². The van der Waals surface area contributed by atoms with E-state index in [1.54, 1.807) is 0 Å². The van der Waals surface area contributed by atoms with E-state index in [1.165, 1.54) is 5.01 Å². The van der Waals surface area contributed by atoms with Gasteiger partial charge in [-0.2, -0.15) is 5.10 Å². The van der Waals surface area contributed by atoms with Gasteiger partial charge in [0.05, 0.1) is 24.6 Å². The van der Waals surface area contributed by atoms with E-state index in [-0.39, 0.29) is 11.8 Å². The van der Waals surface area contributed by atoms with Crippen molar-refractivity contribution in [3.63, 3.8) is 0 Å². The van der Waals surface area contributed by atoms with E-state index in [0.717, 1.165) is 41.4 Å². The number of nitrogens with zero attached hydrogens (tertiary/aromatic N) is 3. The summed E-state index contributed by atoms with van der Waals surface area (Å²) in [5.74, 6) is 1.62. The van der Waals surface area contributed by atoms with Crippen LogP contribution in [-0.4, -0.2) is 50.4 Å². The number of carbonyl (C=O) groups is 1. The fourth-order valence-electron chi connectivity index (χ4n) is 3.50. The second-order valence-electron chi connectivity index (χ2n) is 7.40. The average molecular weight is 379 g/mol. The normalized spacial score (nSPS) is 18.2. The fourth-order valence-corrected chi connectivity index (χ4v) is 3.50. The third kappa shape index (κ3) is 3.87. The summed E-state index contributed by atoms with van der Waals surface area (Å²) in [6.45, 7) is 2.15. The van der Waals surface area contributed by atoms with Gasteiger partial charge in [-0.15, -0.1) is 0 Å². The van der Waals surface area contributed by atoms with Crippen LogP contribution in [0.5, 0.6) is 11.5 Å². The molecule has 1 atom stereocenters. The summed E-state index contributed by atoms with van der Waals surface area (Å²) in [5.41, 5.74) is 2.64. The van der Waals surface area contributed by atoms with Crippen LogP contribution in [0.2, 0.25) is 0 Å². The molecule has 6 heteroatoms. The maximum atomic E-state index is 12.6. The van der Waals surface area contributed by atoms with Gasteiger partial charge in [-0.05, 0) is 56.9 Å². The van der Waals surface area contributed by atoms with Gasteiger partial charge in [-0.3, -0.25) is 4.79 Å². The fraction of sp³-hybridized carbons (Fsp3) is 0.364. The largest absolute Gasteiger partial charge is 0.494 e. The molecule has 0 fully saturated rings. The Labute approximate surface area is 165 Å². The van der Waals surface area contributed by atoms with Crippen LogP contribution in [0.4, 0.5) is 5.69 Å². The van der Waals surface area contributed by atoms with Crippen LogP contribution < -0.4 is 14.5 Å². The highest BCUT2D eigenvalue weighted by Gasteiger charge is 2.35. The molecular formula is C22H25N3O3. The zero-order valence-electron chi connectivity index (χ0n) is 16.3. The molecule has 0 saturated carbocycles. The lowest BCUT2D eigenvalue weighted by atomic mass is 9.90. The third-order valence-corrected chi connectivity index (χ3v) is 4.95. The van der Waals surface area contributed by atoms with Gasteiger partial charge < -0.3 is 14.4 Å². The van der Waals surface area contributed by atoms with Crippen LogP contribution >= 0.6 is 0 Å². The van der Waals surface area contributed by atoms with Gasteiger partial charge in [0, 0.05) is 24.4 Å². The van der Waals surface area contributed by atoms with Crippen molar-refractivity contribution in [1.82, 2.24) is 4.90 Å². The van der Waals surface area contributed by atoms with Crippen LogP contribution in [0, 0.1) is 5.92 Å². The molecule has 2 aliphatic heterocycles. The highest BCUT2D eigenvalue weighted by atomic mass is 16.5. The van der Waals surface area contributed by atoms with E-state index in [1.807, 2.05) is 62.6 Å². The Kier molecular flexibility index (Phi) is 5.30. The smallest absolute Gasteiger partial charge is 0.248 e. The second-order valence-corrected chi connectivity index (χ2v) is 7.40. The minimum Gasteiger partial charge on any atom is -0.494 e. The molecule has 2 heterocycles. The monoisotopic (exact) mass is 379 g/mol. The van der Waals surface area contributed by atoms with E-state index < -0.39 is 0 Å². The molecule has 1 amide bonds. The highest BCUT2D eigenvalue weighted by molar-refractivity contribution is 6.12. The van der Waals surface area contributed by atoms with Crippen molar-refractivity contribution in [2.45, 2.75) is 12.8 Å². The summed E-state index contributed by atoms with van der Waals surface area (Å²) in [5, 5.41) is 6.20. The minimum absolute atomic E-state index is 0.0120. The van der Waals surface area contributed by atoms with Gasteiger partial charge in [0.15, 0.2) is 0 Å². The Bertz CT molecular complexity index is 877. The summed E-state index contributed by atoms with van der Waals surface area (Å²) >= 11 is 0. The van der Waals surface area contributed by atoms with Crippen molar-refractivity contribution in [2.24, 2.45) is 11.0 Å². The van der Waals surface area contributed by atoms with Crippen LogP contribution in [0.3, 0.4) is 0 Å². The predicted molar refractivity (Wildman–Crippen MR) is 109 cm³/mol. The maximum absolute atomic E-state index is 12.6. The van der Waals surface area contributed by atoms with Gasteiger partial charge in [0.25, 0.3) is 0 Å². The van der Waals surface area contributed by atoms with Crippen LogP contribution in [0.15, 0.2) is 53.6 Å². The Morgan fingerprint density at radius 1 is 1.18 bits per heavy atom. The molecule has 0 aliphatic carbocycles. The first-order chi connectivity index (χ1) is 13.6. The highest BCUT2D eigenvalue weighted by Crippen LogP contribution is 2.33. The summed E-state index contributed by atoms with van der Waals surface area (Å²) in [6.07, 6.45) is 1.37. The third-order valence-electron chi connectivity index (χ3n) is 4.95. The molecule has 1 unspecified atom stereocenters. The van der Waals surface area contributed by atoms with Crippen molar-refractivity contribution in [1.29, 1.82) is 0 Å². The SMILES string of the molecule is CN(C)CCCOc1ccc(N2N=C3c4ccccc4OCC3CC2=O)cc1. The summed E-state index contributed by atoms with van der Waals surface area (Å²) in [6, 6.07) is 15.4. The Hall–Kier alpha value is -2.86. The van der Waals surface area contributed by atoms with E-state index in [9.17, 15) is 4.79 Å². The van der Waals surface area contributed by atoms with Crippen LogP contribution in [0.1, 0.15) is 18.4 Å². The number of ether oxygens (including phenoxy) is 2. The number of fused-ring (bicyclic) bond motifs is 3. The van der Waals surface area contributed by atoms with Gasteiger partial charge in [-0.25, -0.2) is 5.01 Å². The number of hydrogen-bond donors (Lipinski definition) is 0. The summed E-state index contributed by atoms with van der Waals surface area (Å²) in [4.78, 5) is 14.8. The topological polar surface area (TPSA) is 54.4 Å². The minimum atomic E-state index is -0.0172. The molecule has 146 valence electrons. The number of hydrazone groups is 1. The second kappa shape index (κ2) is 8.02. The van der Waals surface area contributed by atoms with Crippen molar-refractivity contribution in [3.05, 3.63) is 54.1 Å². The van der Waals surface area contributed by atoms with Crippen molar-refractivity contribution < 1.29 is 14.3 Å². The molecule has 2 aromatic rings. The Morgan fingerprint density at radius 2 is 1.96 bits per heavy atom. The molecule has 0 N–H and O–H groups in total. The Morgan fingerprint density at radius 3 is 2.75 bits per heavy atom. The Balaban J connectivity index is 1.50. The zero-order chi connectivity index (χ0) is 19.5. The number of para-hydroxylation sites is 1. The lowest BCUT2D eigenvalue weighted by Crippen LogP contribution is -2.41. The first-order valence-corrected chi connectivity index (χ1v) is 9.63. The number of benzene rings is 2. The molecular weight excluding hydrogens is 354 g/mol. The number of rotatable bonds is 6. The van der Waals surface area contributed by atoms with Crippen molar-refractivity contribution in [2.75, 3.05) is 38.9 Å². The van der Waals surface area contributed by atoms with E-state index in [4.69, 9.17) is 14.6 Å². The number of anilines is 1. The first-order valence-electron chi connectivity index (χ1n) is 9.63. The van der Waals surface area contributed by atoms with Crippen LogP contribution in [-0.2, 0) is 4.79 Å². The first kappa shape index (κ1) is 18.5. The van der Waals surface area contributed by atoms with Crippen LogP contribution in [0.25, 0.3) is 0 Å². The number of carbonyl (C=O) groups excluding carboxylic acids is 1. The molecule has 0 spiro atoms. The number of amides is 1. The zero-order valence-corrected chi connectivity index (χ0v) is 16.3. The van der Waals surface area contributed by atoms with Gasteiger partial charge in [0.1, 0.15) is 11.5 Å². The molecule has 0 radical (unpaired) electrons. The predicted octanol–water partition coefficient (Wildman–Crippen LogP) is 3.17.